The highest BCUT2D eigenvalue weighted by Crippen LogP contribution is 2.30. The van der Waals surface area contributed by atoms with Crippen molar-refractivity contribution in [1.29, 1.82) is 0 Å². The Kier molecular flexibility index (Phi) is 4.11. The molecule has 88 valence electrons. The van der Waals surface area contributed by atoms with E-state index in [0.717, 1.165) is 13.0 Å². The third-order valence-electron chi connectivity index (χ3n) is 3.48. The van der Waals surface area contributed by atoms with E-state index >= 15 is 0 Å². The quantitative estimate of drug-likeness (QED) is 0.717. The number of hydrogen-bond acceptors (Lipinski definition) is 1. The average Bonchev–Trinajstić information content (AvgIpc) is 2.34. The Bertz CT molecular complexity index is 312. The third-order valence-corrected chi connectivity index (χ3v) is 3.99. The molecule has 2 heteroatoms. The second-order valence-corrected chi connectivity index (χ2v) is 5.05. The molecule has 0 radical (unpaired) electrons. The van der Waals surface area contributed by atoms with E-state index in [1.165, 1.54) is 24.9 Å². The molecular weight excluding hydrogens is 218 g/mol. The molecule has 1 saturated carbocycles. The van der Waals surface area contributed by atoms with Gasteiger partial charge in [0.15, 0.2) is 0 Å². The summed E-state index contributed by atoms with van der Waals surface area (Å²) in [5.41, 5.74) is 1.31. The van der Waals surface area contributed by atoms with Crippen molar-refractivity contribution in [2.75, 3.05) is 11.4 Å². The Labute approximate surface area is 103 Å². The van der Waals surface area contributed by atoms with Crippen LogP contribution in [0.5, 0.6) is 0 Å². The molecule has 0 bridgehead atoms. The van der Waals surface area contributed by atoms with E-state index in [1.807, 2.05) is 0 Å². The minimum absolute atomic E-state index is 0.314. The first-order chi connectivity index (χ1) is 7.83. The molecule has 0 aromatic heterocycles. The van der Waals surface area contributed by atoms with Gasteiger partial charge in [-0.3, -0.25) is 0 Å². The maximum atomic E-state index is 6.46. The second-order valence-electron chi connectivity index (χ2n) is 4.49. The van der Waals surface area contributed by atoms with Gasteiger partial charge < -0.3 is 4.90 Å². The lowest BCUT2D eigenvalue weighted by Crippen LogP contribution is -2.43. The minimum Gasteiger partial charge on any atom is -0.367 e. The van der Waals surface area contributed by atoms with Crippen molar-refractivity contribution in [3.63, 3.8) is 0 Å². The first kappa shape index (κ1) is 11.8. The van der Waals surface area contributed by atoms with E-state index in [1.54, 1.807) is 0 Å². The summed E-state index contributed by atoms with van der Waals surface area (Å²) >= 11 is 6.46. The van der Waals surface area contributed by atoms with E-state index in [4.69, 9.17) is 11.6 Å². The molecule has 1 fully saturated rings. The van der Waals surface area contributed by atoms with Crippen molar-refractivity contribution < 1.29 is 0 Å². The number of hydrogen-bond donors (Lipinski definition) is 0. The standard InChI is InChI=1S/C14H20ClN/c1-2-16(12-8-4-3-5-9-12)14-11-7-6-10-13(14)15/h3-5,8-9,13-14H,2,6-7,10-11H2,1H3/t13-,14-/m1/s1. The van der Waals surface area contributed by atoms with Crippen LogP contribution in [-0.4, -0.2) is 18.0 Å². The van der Waals surface area contributed by atoms with E-state index in [9.17, 15) is 0 Å². The van der Waals surface area contributed by atoms with Gasteiger partial charge in [0.05, 0.1) is 5.38 Å². The van der Waals surface area contributed by atoms with Gasteiger partial charge in [0.25, 0.3) is 0 Å². The summed E-state index contributed by atoms with van der Waals surface area (Å²) in [4.78, 5) is 2.46. The highest BCUT2D eigenvalue weighted by Gasteiger charge is 2.27. The predicted molar refractivity (Wildman–Crippen MR) is 71.4 cm³/mol. The van der Waals surface area contributed by atoms with Crippen molar-refractivity contribution in [3.8, 4) is 0 Å². The first-order valence-corrected chi connectivity index (χ1v) is 6.72. The predicted octanol–water partition coefficient (Wildman–Crippen LogP) is 4.06. The Morgan fingerprint density at radius 1 is 1.19 bits per heavy atom. The number of alkyl halides is 1. The third kappa shape index (κ3) is 2.52. The summed E-state index contributed by atoms with van der Waals surface area (Å²) in [6, 6.07) is 11.1. The van der Waals surface area contributed by atoms with Crippen molar-refractivity contribution in [1.82, 2.24) is 0 Å². The van der Waals surface area contributed by atoms with E-state index < -0.39 is 0 Å². The van der Waals surface area contributed by atoms with Crippen molar-refractivity contribution in [3.05, 3.63) is 30.3 Å². The smallest absolute Gasteiger partial charge is 0.0539 e. The molecule has 1 aromatic carbocycles. The zero-order valence-corrected chi connectivity index (χ0v) is 10.7. The number of anilines is 1. The summed E-state index contributed by atoms with van der Waals surface area (Å²) in [7, 11) is 0. The summed E-state index contributed by atoms with van der Waals surface area (Å²) in [5, 5.41) is 0.314. The normalized spacial score (nSPS) is 25.4. The maximum absolute atomic E-state index is 6.46. The average molecular weight is 238 g/mol. The molecule has 1 aliphatic carbocycles. The van der Waals surface area contributed by atoms with Gasteiger partial charge in [-0.1, -0.05) is 31.0 Å². The maximum Gasteiger partial charge on any atom is 0.0539 e. The number of rotatable bonds is 3. The van der Waals surface area contributed by atoms with Gasteiger partial charge in [-0.15, -0.1) is 11.6 Å². The van der Waals surface area contributed by atoms with Crippen LogP contribution in [0.2, 0.25) is 0 Å². The van der Waals surface area contributed by atoms with Crippen LogP contribution < -0.4 is 4.90 Å². The van der Waals surface area contributed by atoms with Gasteiger partial charge in [-0.05, 0) is 31.9 Å². The van der Waals surface area contributed by atoms with Crippen LogP contribution in [0.15, 0.2) is 30.3 Å². The van der Waals surface area contributed by atoms with Crippen LogP contribution in [0.4, 0.5) is 5.69 Å². The van der Waals surface area contributed by atoms with Gasteiger partial charge in [0, 0.05) is 18.3 Å². The van der Waals surface area contributed by atoms with Gasteiger partial charge in [-0.2, -0.15) is 0 Å². The molecule has 1 nitrogen and oxygen atoms in total. The van der Waals surface area contributed by atoms with Crippen LogP contribution in [0, 0.1) is 0 Å². The zero-order chi connectivity index (χ0) is 11.4. The van der Waals surface area contributed by atoms with Crippen molar-refractivity contribution >= 4 is 17.3 Å². The monoisotopic (exact) mass is 237 g/mol. The summed E-state index contributed by atoms with van der Waals surface area (Å²) in [5.74, 6) is 0. The largest absolute Gasteiger partial charge is 0.367 e. The lowest BCUT2D eigenvalue weighted by atomic mass is 9.93. The van der Waals surface area contributed by atoms with Crippen LogP contribution in [0.25, 0.3) is 0 Å². The fraction of sp³-hybridized carbons (Fsp3) is 0.571. The highest BCUT2D eigenvalue weighted by molar-refractivity contribution is 6.21. The Morgan fingerprint density at radius 3 is 2.50 bits per heavy atom. The van der Waals surface area contributed by atoms with Crippen molar-refractivity contribution in [2.24, 2.45) is 0 Å². The molecule has 0 aliphatic heterocycles. The summed E-state index contributed by atoms with van der Waals surface area (Å²) < 4.78 is 0. The first-order valence-electron chi connectivity index (χ1n) is 6.28. The molecule has 0 heterocycles. The summed E-state index contributed by atoms with van der Waals surface area (Å²) in [6.45, 7) is 3.25. The van der Waals surface area contributed by atoms with E-state index in [0.29, 0.717) is 11.4 Å². The van der Waals surface area contributed by atoms with Crippen LogP contribution in [0.3, 0.4) is 0 Å². The minimum atomic E-state index is 0.314. The Hall–Kier alpha value is -0.690. The topological polar surface area (TPSA) is 3.24 Å². The molecule has 0 unspecified atom stereocenters. The molecule has 1 aliphatic rings. The number of halogens is 1. The van der Waals surface area contributed by atoms with Crippen LogP contribution >= 0.6 is 11.6 Å². The number of nitrogens with zero attached hydrogens (tertiary/aromatic N) is 1. The SMILES string of the molecule is CCN(c1ccccc1)[C@@H]1CCCC[C@H]1Cl. The lowest BCUT2D eigenvalue weighted by molar-refractivity contribution is 0.424. The van der Waals surface area contributed by atoms with Gasteiger partial charge in [0.1, 0.15) is 0 Å². The number of benzene rings is 1. The highest BCUT2D eigenvalue weighted by atomic mass is 35.5. The second kappa shape index (κ2) is 5.58. The molecule has 0 saturated heterocycles. The van der Waals surface area contributed by atoms with Crippen molar-refractivity contribution in [2.45, 2.75) is 44.0 Å². The van der Waals surface area contributed by atoms with Gasteiger partial charge in [-0.25, -0.2) is 0 Å². The molecule has 0 spiro atoms. The van der Waals surface area contributed by atoms with Crippen LogP contribution in [-0.2, 0) is 0 Å². The molecule has 2 atom stereocenters. The molecule has 0 N–H and O–H groups in total. The van der Waals surface area contributed by atoms with E-state index in [-0.39, 0.29) is 0 Å². The fourth-order valence-electron chi connectivity index (χ4n) is 2.65. The Morgan fingerprint density at radius 2 is 1.88 bits per heavy atom. The molecular formula is C14H20ClN. The van der Waals surface area contributed by atoms with Gasteiger partial charge >= 0.3 is 0 Å². The molecule has 16 heavy (non-hydrogen) atoms. The lowest BCUT2D eigenvalue weighted by Gasteiger charge is -2.38. The van der Waals surface area contributed by atoms with E-state index in [2.05, 4.69) is 42.2 Å². The molecule has 1 aromatic rings. The van der Waals surface area contributed by atoms with Gasteiger partial charge in [0.2, 0.25) is 0 Å². The summed E-state index contributed by atoms with van der Waals surface area (Å²) in [6.07, 6.45) is 5.00. The molecule has 0 amide bonds. The van der Waals surface area contributed by atoms with Crippen LogP contribution in [0.1, 0.15) is 32.6 Å². The fourth-order valence-corrected chi connectivity index (χ4v) is 3.06. The zero-order valence-electron chi connectivity index (χ0n) is 9.90. The Balaban J connectivity index is 2.15. The molecule has 2 rings (SSSR count). The number of para-hydroxylation sites is 1.